The largest absolute Gasteiger partial charge is 0.389 e. The van der Waals surface area contributed by atoms with Crippen LogP contribution in [0.25, 0.3) is 0 Å². The van der Waals surface area contributed by atoms with Crippen molar-refractivity contribution in [2.75, 3.05) is 33.2 Å². The minimum atomic E-state index is -0.610. The SMILES string of the molecule is CCNCC(C)(CC)CN(C)CC(C)(C)O. The topological polar surface area (TPSA) is 35.5 Å². The lowest BCUT2D eigenvalue weighted by Crippen LogP contribution is -2.45. The van der Waals surface area contributed by atoms with Crippen molar-refractivity contribution in [3.63, 3.8) is 0 Å². The Kier molecular flexibility index (Phi) is 6.53. The molecule has 0 heterocycles. The standard InChI is InChI=1S/C13H30N2O/c1-7-13(5,9-14-8-2)11-15(6)10-12(3,4)16/h14,16H,7-11H2,1-6H3. The predicted molar refractivity (Wildman–Crippen MR) is 70.7 cm³/mol. The number of aliphatic hydroxyl groups is 1. The molecule has 3 heteroatoms. The Morgan fingerprint density at radius 3 is 2.06 bits per heavy atom. The van der Waals surface area contributed by atoms with Gasteiger partial charge in [0.05, 0.1) is 5.60 Å². The zero-order valence-electron chi connectivity index (χ0n) is 11.9. The molecular formula is C13H30N2O. The fourth-order valence-electron chi connectivity index (χ4n) is 2.09. The van der Waals surface area contributed by atoms with Crippen LogP contribution in [0.3, 0.4) is 0 Å². The first kappa shape index (κ1) is 15.9. The van der Waals surface area contributed by atoms with Gasteiger partial charge in [0.2, 0.25) is 0 Å². The molecule has 98 valence electrons. The molecule has 0 aromatic carbocycles. The Morgan fingerprint density at radius 1 is 1.12 bits per heavy atom. The van der Waals surface area contributed by atoms with E-state index in [4.69, 9.17) is 0 Å². The van der Waals surface area contributed by atoms with Crippen molar-refractivity contribution < 1.29 is 5.11 Å². The molecule has 0 rings (SSSR count). The summed E-state index contributed by atoms with van der Waals surface area (Å²) in [5.41, 5.74) is -0.322. The molecule has 0 aliphatic carbocycles. The fourth-order valence-corrected chi connectivity index (χ4v) is 2.09. The van der Waals surface area contributed by atoms with Crippen LogP contribution in [0.5, 0.6) is 0 Å². The maximum Gasteiger partial charge on any atom is 0.0718 e. The zero-order valence-corrected chi connectivity index (χ0v) is 11.9. The van der Waals surface area contributed by atoms with E-state index < -0.39 is 5.60 Å². The second-order valence-electron chi connectivity index (χ2n) is 5.93. The van der Waals surface area contributed by atoms with Crippen LogP contribution in [0.15, 0.2) is 0 Å². The molecule has 1 atom stereocenters. The van der Waals surface area contributed by atoms with Crippen LogP contribution < -0.4 is 5.32 Å². The van der Waals surface area contributed by atoms with E-state index in [1.54, 1.807) is 0 Å². The Balaban J connectivity index is 4.19. The molecule has 0 bridgehead atoms. The van der Waals surface area contributed by atoms with E-state index in [9.17, 15) is 5.11 Å². The van der Waals surface area contributed by atoms with Crippen molar-refractivity contribution in [2.45, 2.75) is 46.6 Å². The lowest BCUT2D eigenvalue weighted by Gasteiger charge is -2.35. The summed E-state index contributed by atoms with van der Waals surface area (Å²) in [6, 6.07) is 0. The van der Waals surface area contributed by atoms with Gasteiger partial charge < -0.3 is 15.3 Å². The molecule has 0 aliphatic heterocycles. The van der Waals surface area contributed by atoms with Gasteiger partial charge in [0.15, 0.2) is 0 Å². The molecule has 0 fully saturated rings. The fraction of sp³-hybridized carbons (Fsp3) is 1.00. The maximum atomic E-state index is 9.78. The van der Waals surface area contributed by atoms with E-state index in [0.29, 0.717) is 6.54 Å². The molecule has 0 radical (unpaired) electrons. The lowest BCUT2D eigenvalue weighted by atomic mass is 9.86. The van der Waals surface area contributed by atoms with Crippen LogP contribution in [0.2, 0.25) is 0 Å². The average molecular weight is 230 g/mol. The second kappa shape index (κ2) is 6.58. The molecule has 2 N–H and O–H groups in total. The number of nitrogens with one attached hydrogen (secondary N) is 1. The predicted octanol–water partition coefficient (Wildman–Crippen LogP) is 1.71. The molecule has 0 aromatic heterocycles. The van der Waals surface area contributed by atoms with Crippen molar-refractivity contribution in [1.82, 2.24) is 10.2 Å². The third-order valence-corrected chi connectivity index (χ3v) is 2.96. The quantitative estimate of drug-likeness (QED) is 0.666. The summed E-state index contributed by atoms with van der Waals surface area (Å²) in [5, 5.41) is 13.2. The summed E-state index contributed by atoms with van der Waals surface area (Å²) in [5.74, 6) is 0. The molecule has 1 unspecified atom stereocenters. The van der Waals surface area contributed by atoms with E-state index in [1.165, 1.54) is 0 Å². The molecule has 3 nitrogen and oxygen atoms in total. The van der Waals surface area contributed by atoms with E-state index in [0.717, 1.165) is 26.1 Å². The van der Waals surface area contributed by atoms with Crippen LogP contribution in [0, 0.1) is 5.41 Å². The van der Waals surface area contributed by atoms with Crippen molar-refractivity contribution in [3.05, 3.63) is 0 Å². The van der Waals surface area contributed by atoms with E-state index >= 15 is 0 Å². The smallest absolute Gasteiger partial charge is 0.0718 e. The highest BCUT2D eigenvalue weighted by Gasteiger charge is 2.25. The number of nitrogens with zero attached hydrogens (tertiary/aromatic N) is 1. The van der Waals surface area contributed by atoms with Crippen LogP contribution in [-0.2, 0) is 0 Å². The number of hydrogen-bond donors (Lipinski definition) is 2. The summed E-state index contributed by atoms with van der Waals surface area (Å²) in [6.07, 6.45) is 1.15. The highest BCUT2D eigenvalue weighted by molar-refractivity contribution is 4.80. The first-order chi connectivity index (χ1) is 7.22. The van der Waals surface area contributed by atoms with Gasteiger partial charge in [-0.25, -0.2) is 0 Å². The van der Waals surface area contributed by atoms with Gasteiger partial charge in [0.25, 0.3) is 0 Å². The average Bonchev–Trinajstić information content (AvgIpc) is 2.11. The molecule has 0 spiro atoms. The molecule has 16 heavy (non-hydrogen) atoms. The molecule has 0 saturated carbocycles. The number of likely N-dealkylation sites (N-methyl/N-ethyl adjacent to an activating group) is 1. The Morgan fingerprint density at radius 2 is 1.69 bits per heavy atom. The van der Waals surface area contributed by atoms with Gasteiger partial charge in [-0.2, -0.15) is 0 Å². The molecule has 0 amide bonds. The number of rotatable bonds is 8. The van der Waals surface area contributed by atoms with Gasteiger partial charge in [-0.3, -0.25) is 0 Å². The second-order valence-corrected chi connectivity index (χ2v) is 5.93. The normalized spacial score (nSPS) is 16.5. The van der Waals surface area contributed by atoms with E-state index in [2.05, 4.69) is 38.0 Å². The van der Waals surface area contributed by atoms with Crippen molar-refractivity contribution in [1.29, 1.82) is 0 Å². The molecule has 0 aliphatic rings. The molecule has 0 aromatic rings. The van der Waals surface area contributed by atoms with Crippen LogP contribution in [0.1, 0.15) is 41.0 Å². The van der Waals surface area contributed by atoms with Crippen molar-refractivity contribution in [2.24, 2.45) is 5.41 Å². The van der Waals surface area contributed by atoms with Gasteiger partial charge >= 0.3 is 0 Å². The van der Waals surface area contributed by atoms with Gasteiger partial charge in [-0.05, 0) is 39.3 Å². The monoisotopic (exact) mass is 230 g/mol. The van der Waals surface area contributed by atoms with Gasteiger partial charge in [0, 0.05) is 19.6 Å². The summed E-state index contributed by atoms with van der Waals surface area (Å²) < 4.78 is 0. The third kappa shape index (κ3) is 7.20. The van der Waals surface area contributed by atoms with Crippen LogP contribution >= 0.6 is 0 Å². The Hall–Kier alpha value is -0.120. The highest BCUT2D eigenvalue weighted by Crippen LogP contribution is 2.21. The minimum absolute atomic E-state index is 0.288. The van der Waals surface area contributed by atoms with Gasteiger partial charge in [0.1, 0.15) is 0 Å². The summed E-state index contributed by atoms with van der Waals surface area (Å²) >= 11 is 0. The Labute approximate surface area is 101 Å². The summed E-state index contributed by atoms with van der Waals surface area (Å²) in [4.78, 5) is 2.22. The first-order valence-corrected chi connectivity index (χ1v) is 6.34. The molecular weight excluding hydrogens is 200 g/mol. The highest BCUT2D eigenvalue weighted by atomic mass is 16.3. The Bertz CT molecular complexity index is 189. The lowest BCUT2D eigenvalue weighted by molar-refractivity contribution is 0.0316. The van der Waals surface area contributed by atoms with Crippen LogP contribution in [-0.4, -0.2) is 48.8 Å². The summed E-state index contributed by atoms with van der Waals surface area (Å²) in [6.45, 7) is 14.2. The van der Waals surface area contributed by atoms with E-state index in [-0.39, 0.29) is 5.41 Å². The first-order valence-electron chi connectivity index (χ1n) is 6.34. The summed E-state index contributed by atoms with van der Waals surface area (Å²) in [7, 11) is 2.08. The molecule has 0 saturated heterocycles. The van der Waals surface area contributed by atoms with E-state index in [1.807, 2.05) is 13.8 Å². The zero-order chi connectivity index (χ0) is 12.8. The van der Waals surface area contributed by atoms with Crippen molar-refractivity contribution in [3.8, 4) is 0 Å². The maximum absolute atomic E-state index is 9.78. The van der Waals surface area contributed by atoms with Gasteiger partial charge in [-0.1, -0.05) is 20.8 Å². The van der Waals surface area contributed by atoms with Crippen molar-refractivity contribution >= 4 is 0 Å². The number of hydrogen-bond acceptors (Lipinski definition) is 3. The minimum Gasteiger partial charge on any atom is -0.389 e. The van der Waals surface area contributed by atoms with Crippen LogP contribution in [0.4, 0.5) is 0 Å². The third-order valence-electron chi connectivity index (χ3n) is 2.96. The van der Waals surface area contributed by atoms with Gasteiger partial charge in [-0.15, -0.1) is 0 Å².